The Kier molecular flexibility index (Phi) is 4.46. The first-order chi connectivity index (χ1) is 11.6. The van der Waals surface area contributed by atoms with E-state index in [2.05, 4.69) is 5.32 Å². The standard InChI is InChI=1S/C18H18N2O4/c1-24-14-8-6-12(7-9-14)15-10-16(15)18(21)19-11-13-4-2-3-5-17(13)20(22)23/h2-9,15-16H,10-11H2,1H3,(H,19,21)/t15-,16-/m0/s1. The van der Waals surface area contributed by atoms with Crippen molar-refractivity contribution >= 4 is 11.6 Å². The number of ether oxygens (including phenoxy) is 1. The zero-order valence-corrected chi connectivity index (χ0v) is 13.3. The maximum absolute atomic E-state index is 12.3. The molecular formula is C18H18N2O4. The molecule has 1 amide bonds. The summed E-state index contributed by atoms with van der Waals surface area (Å²) in [6, 6.07) is 14.2. The molecule has 1 aliphatic rings. The molecule has 1 aliphatic carbocycles. The molecule has 0 radical (unpaired) electrons. The number of nitro benzene ring substituents is 1. The lowest BCUT2D eigenvalue weighted by atomic mass is 10.1. The summed E-state index contributed by atoms with van der Waals surface area (Å²) in [5, 5.41) is 13.8. The number of amides is 1. The highest BCUT2D eigenvalue weighted by atomic mass is 16.6. The van der Waals surface area contributed by atoms with E-state index < -0.39 is 4.92 Å². The number of carbonyl (C=O) groups is 1. The average Bonchev–Trinajstić information content (AvgIpc) is 3.40. The number of hydrogen-bond donors (Lipinski definition) is 1. The van der Waals surface area contributed by atoms with Gasteiger partial charge in [-0.1, -0.05) is 30.3 Å². The average molecular weight is 326 g/mol. The van der Waals surface area contributed by atoms with Gasteiger partial charge in [-0.25, -0.2) is 0 Å². The Bertz CT molecular complexity index is 758. The molecule has 0 heterocycles. The normalized spacial score (nSPS) is 18.7. The van der Waals surface area contributed by atoms with Gasteiger partial charge in [-0.2, -0.15) is 0 Å². The zero-order valence-electron chi connectivity index (χ0n) is 13.3. The molecule has 6 heteroatoms. The minimum absolute atomic E-state index is 0.0281. The second kappa shape index (κ2) is 6.70. The molecular weight excluding hydrogens is 308 g/mol. The first kappa shape index (κ1) is 16.0. The van der Waals surface area contributed by atoms with Gasteiger partial charge in [0, 0.05) is 24.1 Å². The van der Waals surface area contributed by atoms with Gasteiger partial charge in [0.25, 0.3) is 5.69 Å². The monoisotopic (exact) mass is 326 g/mol. The molecule has 1 fully saturated rings. The number of para-hydroxylation sites is 1. The van der Waals surface area contributed by atoms with E-state index in [1.807, 2.05) is 24.3 Å². The molecule has 0 aromatic heterocycles. The van der Waals surface area contributed by atoms with E-state index in [1.54, 1.807) is 25.3 Å². The van der Waals surface area contributed by atoms with Crippen molar-refractivity contribution in [2.24, 2.45) is 5.92 Å². The highest BCUT2D eigenvalue weighted by molar-refractivity contribution is 5.83. The fourth-order valence-electron chi connectivity index (χ4n) is 2.86. The minimum atomic E-state index is -0.432. The molecule has 0 aliphatic heterocycles. The van der Waals surface area contributed by atoms with Crippen LogP contribution in [0.5, 0.6) is 5.75 Å². The van der Waals surface area contributed by atoms with Gasteiger partial charge in [-0.3, -0.25) is 14.9 Å². The van der Waals surface area contributed by atoms with E-state index in [-0.39, 0.29) is 30.0 Å². The third kappa shape index (κ3) is 3.37. The van der Waals surface area contributed by atoms with Crippen LogP contribution in [-0.4, -0.2) is 17.9 Å². The summed E-state index contributed by atoms with van der Waals surface area (Å²) in [6.07, 6.45) is 0.801. The number of methoxy groups -OCH3 is 1. The third-order valence-electron chi connectivity index (χ3n) is 4.31. The quantitative estimate of drug-likeness (QED) is 0.653. The summed E-state index contributed by atoms with van der Waals surface area (Å²) in [7, 11) is 1.62. The van der Waals surface area contributed by atoms with Crippen molar-refractivity contribution in [3.63, 3.8) is 0 Å². The topological polar surface area (TPSA) is 81.5 Å². The Balaban J connectivity index is 1.58. The second-order valence-electron chi connectivity index (χ2n) is 5.83. The van der Waals surface area contributed by atoms with Crippen LogP contribution in [0.4, 0.5) is 5.69 Å². The van der Waals surface area contributed by atoms with Crippen molar-refractivity contribution in [1.29, 1.82) is 0 Å². The Hall–Kier alpha value is -2.89. The van der Waals surface area contributed by atoms with E-state index in [9.17, 15) is 14.9 Å². The van der Waals surface area contributed by atoms with Gasteiger partial charge in [0.1, 0.15) is 5.75 Å². The number of nitrogens with one attached hydrogen (secondary N) is 1. The Morgan fingerprint density at radius 3 is 2.62 bits per heavy atom. The maximum Gasteiger partial charge on any atom is 0.274 e. The Morgan fingerprint density at radius 2 is 1.96 bits per heavy atom. The second-order valence-corrected chi connectivity index (χ2v) is 5.83. The first-order valence-corrected chi connectivity index (χ1v) is 7.74. The molecule has 1 saturated carbocycles. The van der Waals surface area contributed by atoms with Crippen molar-refractivity contribution in [2.45, 2.75) is 18.9 Å². The van der Waals surface area contributed by atoms with Crippen molar-refractivity contribution in [1.82, 2.24) is 5.32 Å². The lowest BCUT2D eigenvalue weighted by Crippen LogP contribution is -2.25. The molecule has 124 valence electrons. The van der Waals surface area contributed by atoms with E-state index in [0.717, 1.165) is 17.7 Å². The molecule has 2 atom stereocenters. The van der Waals surface area contributed by atoms with Gasteiger partial charge in [0.2, 0.25) is 5.91 Å². The minimum Gasteiger partial charge on any atom is -0.497 e. The third-order valence-corrected chi connectivity index (χ3v) is 4.31. The van der Waals surface area contributed by atoms with Crippen LogP contribution in [0.3, 0.4) is 0 Å². The van der Waals surface area contributed by atoms with Crippen LogP contribution in [0.25, 0.3) is 0 Å². The summed E-state index contributed by atoms with van der Waals surface area (Å²) < 4.78 is 5.13. The van der Waals surface area contributed by atoms with Crippen molar-refractivity contribution in [3.05, 3.63) is 69.8 Å². The molecule has 6 nitrogen and oxygen atoms in total. The lowest BCUT2D eigenvalue weighted by Gasteiger charge is -2.06. The van der Waals surface area contributed by atoms with E-state index in [1.165, 1.54) is 6.07 Å². The summed E-state index contributed by atoms with van der Waals surface area (Å²) in [4.78, 5) is 22.8. The van der Waals surface area contributed by atoms with Crippen LogP contribution in [0.15, 0.2) is 48.5 Å². The number of nitrogens with zero attached hydrogens (tertiary/aromatic N) is 1. The molecule has 2 aromatic carbocycles. The predicted octanol–water partition coefficient (Wildman–Crippen LogP) is 3.02. The summed E-state index contributed by atoms with van der Waals surface area (Å²) >= 11 is 0. The van der Waals surface area contributed by atoms with E-state index in [4.69, 9.17) is 4.74 Å². The Labute approximate surface area is 139 Å². The van der Waals surface area contributed by atoms with Crippen molar-refractivity contribution < 1.29 is 14.5 Å². The molecule has 1 N–H and O–H groups in total. The van der Waals surface area contributed by atoms with Crippen molar-refractivity contribution in [3.8, 4) is 5.75 Å². The highest BCUT2D eigenvalue weighted by Crippen LogP contribution is 2.47. The van der Waals surface area contributed by atoms with Gasteiger partial charge in [0.15, 0.2) is 0 Å². The number of hydrogen-bond acceptors (Lipinski definition) is 4. The molecule has 3 rings (SSSR count). The van der Waals surface area contributed by atoms with Crippen LogP contribution < -0.4 is 10.1 Å². The lowest BCUT2D eigenvalue weighted by molar-refractivity contribution is -0.385. The van der Waals surface area contributed by atoms with Crippen LogP contribution in [-0.2, 0) is 11.3 Å². The van der Waals surface area contributed by atoms with Crippen LogP contribution in [0, 0.1) is 16.0 Å². The summed E-state index contributed by atoms with van der Waals surface area (Å²) in [5.74, 6) is 0.869. The van der Waals surface area contributed by atoms with Gasteiger partial charge in [0.05, 0.1) is 12.0 Å². The summed E-state index contributed by atoms with van der Waals surface area (Å²) in [6.45, 7) is 0.168. The van der Waals surface area contributed by atoms with Crippen LogP contribution in [0.1, 0.15) is 23.5 Å². The fourth-order valence-corrected chi connectivity index (χ4v) is 2.86. The van der Waals surface area contributed by atoms with E-state index >= 15 is 0 Å². The molecule has 0 bridgehead atoms. The molecule has 0 unspecified atom stereocenters. The number of carbonyl (C=O) groups excluding carboxylic acids is 1. The molecule has 24 heavy (non-hydrogen) atoms. The van der Waals surface area contributed by atoms with Gasteiger partial charge >= 0.3 is 0 Å². The SMILES string of the molecule is COc1ccc([C@@H]2C[C@@H]2C(=O)NCc2ccccc2[N+](=O)[O-])cc1. The predicted molar refractivity (Wildman–Crippen MR) is 88.8 cm³/mol. The summed E-state index contributed by atoms with van der Waals surface area (Å²) in [5.41, 5.74) is 1.65. The van der Waals surface area contributed by atoms with Gasteiger partial charge in [-0.05, 0) is 30.0 Å². The van der Waals surface area contributed by atoms with E-state index in [0.29, 0.717) is 5.56 Å². The van der Waals surface area contributed by atoms with Crippen LogP contribution >= 0.6 is 0 Å². The zero-order chi connectivity index (χ0) is 17.1. The number of benzene rings is 2. The fraction of sp³-hybridized carbons (Fsp3) is 0.278. The number of nitro groups is 1. The van der Waals surface area contributed by atoms with Gasteiger partial charge < -0.3 is 10.1 Å². The molecule has 0 saturated heterocycles. The smallest absolute Gasteiger partial charge is 0.274 e. The highest BCUT2D eigenvalue weighted by Gasteiger charge is 2.43. The van der Waals surface area contributed by atoms with Crippen molar-refractivity contribution in [2.75, 3.05) is 7.11 Å². The number of rotatable bonds is 6. The first-order valence-electron chi connectivity index (χ1n) is 7.74. The maximum atomic E-state index is 12.3. The van der Waals surface area contributed by atoms with Crippen LogP contribution in [0.2, 0.25) is 0 Å². The molecule has 0 spiro atoms. The molecule has 2 aromatic rings. The Morgan fingerprint density at radius 1 is 1.25 bits per heavy atom. The largest absolute Gasteiger partial charge is 0.497 e. The van der Waals surface area contributed by atoms with Gasteiger partial charge in [-0.15, -0.1) is 0 Å².